The molecule has 0 bridgehead atoms. The zero-order valence-electron chi connectivity index (χ0n) is 20.5. The highest BCUT2D eigenvalue weighted by molar-refractivity contribution is 5.24. The van der Waals surface area contributed by atoms with Crippen molar-refractivity contribution < 1.29 is 5.11 Å². The Hall–Kier alpha value is -1.22. The second-order valence-electron chi connectivity index (χ2n) is 11.8. The van der Waals surface area contributed by atoms with Crippen LogP contribution < -0.4 is 0 Å². The van der Waals surface area contributed by atoms with Crippen molar-refractivity contribution in [2.75, 3.05) is 0 Å². The van der Waals surface area contributed by atoms with Crippen LogP contribution in [0.1, 0.15) is 98.3 Å². The first-order valence-electron chi connectivity index (χ1n) is 12.6. The molecular weight excluding hydrogens is 382 g/mol. The van der Waals surface area contributed by atoms with Crippen molar-refractivity contribution in [3.63, 3.8) is 0 Å². The molecule has 3 heteroatoms. The molecule has 174 valence electrons. The summed E-state index contributed by atoms with van der Waals surface area (Å²) in [7, 11) is 0. The highest BCUT2D eigenvalue weighted by Crippen LogP contribution is 2.60. The summed E-state index contributed by atoms with van der Waals surface area (Å²) in [5.74, 6) is 2.60. The van der Waals surface area contributed by atoms with E-state index in [1.165, 1.54) is 44.1 Å². The fraction of sp³-hybridized carbons (Fsp3) is 0.786. The average Bonchev–Trinajstić information content (AvgIpc) is 3.07. The van der Waals surface area contributed by atoms with E-state index in [4.69, 9.17) is 0 Å². The molecule has 0 heterocycles. The molecule has 0 radical (unpaired) electrons. The topological polar surface area (TPSA) is 49.7 Å². The van der Waals surface area contributed by atoms with Gasteiger partial charge in [0.1, 0.15) is 0 Å². The summed E-state index contributed by atoms with van der Waals surface area (Å²) in [5, 5.41) is 13.5. The minimum atomic E-state index is -0.425. The molecule has 0 saturated heterocycles. The first-order valence-corrected chi connectivity index (χ1v) is 12.6. The lowest BCUT2D eigenvalue weighted by atomic mass is 9.60. The van der Waals surface area contributed by atoms with Crippen molar-refractivity contribution in [2.24, 2.45) is 34.3 Å². The number of nitroso groups, excluding NO2 is 1. The van der Waals surface area contributed by atoms with Gasteiger partial charge in [0.15, 0.2) is 0 Å². The highest BCUT2D eigenvalue weighted by Gasteiger charge is 2.50. The average molecular weight is 428 g/mol. The van der Waals surface area contributed by atoms with Crippen LogP contribution in [-0.4, -0.2) is 16.7 Å². The fourth-order valence-electron chi connectivity index (χ4n) is 7.08. The maximum atomic E-state index is 11.0. The molecule has 0 aromatic carbocycles. The maximum absolute atomic E-state index is 11.0. The molecule has 3 rings (SSSR count). The van der Waals surface area contributed by atoms with Gasteiger partial charge in [-0.05, 0) is 106 Å². The minimum Gasteiger partial charge on any atom is -0.389 e. The quantitative estimate of drug-likeness (QED) is 0.318. The van der Waals surface area contributed by atoms with Crippen LogP contribution in [0.2, 0.25) is 0 Å². The van der Waals surface area contributed by atoms with Gasteiger partial charge >= 0.3 is 0 Å². The first kappa shape index (κ1) is 24.4. The van der Waals surface area contributed by atoms with Crippen LogP contribution in [0, 0.1) is 34.0 Å². The largest absolute Gasteiger partial charge is 0.389 e. The third kappa shape index (κ3) is 5.41. The Kier molecular flexibility index (Phi) is 7.66. The van der Waals surface area contributed by atoms with Crippen molar-refractivity contribution >= 4 is 0 Å². The van der Waals surface area contributed by atoms with E-state index in [0.29, 0.717) is 17.3 Å². The molecule has 0 amide bonds. The molecule has 0 aliphatic heterocycles. The zero-order chi connectivity index (χ0) is 22.8. The molecule has 0 spiro atoms. The van der Waals surface area contributed by atoms with Gasteiger partial charge < -0.3 is 5.11 Å². The Balaban J connectivity index is 1.62. The molecule has 6 atom stereocenters. The van der Waals surface area contributed by atoms with Crippen LogP contribution in [0.4, 0.5) is 0 Å². The number of rotatable bonds is 8. The second-order valence-corrected chi connectivity index (χ2v) is 11.8. The normalized spacial score (nSPS) is 36.5. The van der Waals surface area contributed by atoms with Gasteiger partial charge in [0.05, 0.1) is 11.6 Å². The van der Waals surface area contributed by atoms with E-state index in [0.717, 1.165) is 49.5 Å². The Morgan fingerprint density at radius 3 is 2.74 bits per heavy atom. The van der Waals surface area contributed by atoms with E-state index in [-0.39, 0.29) is 6.10 Å². The molecule has 3 unspecified atom stereocenters. The lowest BCUT2D eigenvalue weighted by molar-refractivity contribution is 0.0922. The predicted octanol–water partition coefficient (Wildman–Crippen LogP) is 7.75. The summed E-state index contributed by atoms with van der Waals surface area (Å²) in [5.41, 5.74) is 3.85. The van der Waals surface area contributed by atoms with Crippen LogP contribution >= 0.6 is 0 Å². The summed E-state index contributed by atoms with van der Waals surface area (Å²) in [6.07, 6.45) is 14.5. The minimum absolute atomic E-state index is 0.360. The Labute approximate surface area is 190 Å². The summed E-state index contributed by atoms with van der Waals surface area (Å²) in [4.78, 5) is 11.0. The van der Waals surface area contributed by atoms with Crippen molar-refractivity contribution in [3.8, 4) is 0 Å². The molecule has 3 aliphatic carbocycles. The van der Waals surface area contributed by atoms with Gasteiger partial charge in [-0.1, -0.05) is 62.2 Å². The van der Waals surface area contributed by atoms with E-state index >= 15 is 0 Å². The number of aliphatic hydroxyl groups is 1. The Morgan fingerprint density at radius 2 is 2.03 bits per heavy atom. The summed E-state index contributed by atoms with van der Waals surface area (Å²) < 4.78 is 0. The van der Waals surface area contributed by atoms with Gasteiger partial charge in [-0.2, -0.15) is 4.91 Å². The van der Waals surface area contributed by atoms with Crippen molar-refractivity contribution in [2.45, 2.75) is 110 Å². The third-order valence-corrected chi connectivity index (χ3v) is 9.10. The molecule has 1 N–H and O–H groups in total. The van der Waals surface area contributed by atoms with Crippen molar-refractivity contribution in [1.29, 1.82) is 0 Å². The van der Waals surface area contributed by atoms with Crippen LogP contribution in [-0.2, 0) is 0 Å². The van der Waals surface area contributed by atoms with Gasteiger partial charge in [-0.3, -0.25) is 0 Å². The molecular formula is C28H45NO2. The third-order valence-electron chi connectivity index (χ3n) is 9.10. The van der Waals surface area contributed by atoms with Crippen LogP contribution in [0.15, 0.2) is 41.1 Å². The molecule has 0 aromatic heterocycles. The van der Waals surface area contributed by atoms with E-state index in [1.54, 1.807) is 5.57 Å². The molecule has 3 fully saturated rings. The summed E-state index contributed by atoms with van der Waals surface area (Å²) >= 11 is 0. The predicted molar refractivity (Wildman–Crippen MR) is 131 cm³/mol. The van der Waals surface area contributed by atoms with E-state index in [2.05, 4.69) is 38.3 Å². The maximum Gasteiger partial charge on any atom is 0.0970 e. The number of hydrogen-bond acceptors (Lipinski definition) is 3. The van der Waals surface area contributed by atoms with Gasteiger partial charge in [0.2, 0.25) is 0 Å². The lowest BCUT2D eigenvalue weighted by Gasteiger charge is -2.44. The number of nitrogens with zero attached hydrogens (tertiary/aromatic N) is 1. The molecule has 3 saturated carbocycles. The summed E-state index contributed by atoms with van der Waals surface area (Å²) in [6, 6.07) is 0. The lowest BCUT2D eigenvalue weighted by Crippen LogP contribution is -2.36. The van der Waals surface area contributed by atoms with E-state index in [1.807, 2.05) is 13.8 Å². The van der Waals surface area contributed by atoms with Crippen LogP contribution in [0.25, 0.3) is 0 Å². The van der Waals surface area contributed by atoms with Gasteiger partial charge in [0, 0.05) is 0 Å². The monoisotopic (exact) mass is 427 g/mol. The van der Waals surface area contributed by atoms with Crippen LogP contribution in [0.5, 0.6) is 0 Å². The number of hydrogen-bond donors (Lipinski definition) is 1. The Morgan fingerprint density at radius 1 is 1.29 bits per heavy atom. The van der Waals surface area contributed by atoms with Crippen molar-refractivity contribution in [3.05, 3.63) is 40.9 Å². The molecule has 0 aromatic rings. The molecule has 31 heavy (non-hydrogen) atoms. The Bertz CT molecular complexity index is 721. The number of aliphatic hydroxyl groups excluding tert-OH is 1. The van der Waals surface area contributed by atoms with Crippen molar-refractivity contribution in [1.82, 2.24) is 0 Å². The van der Waals surface area contributed by atoms with E-state index < -0.39 is 5.54 Å². The summed E-state index contributed by atoms with van der Waals surface area (Å²) in [6.45, 7) is 17.2. The van der Waals surface area contributed by atoms with Gasteiger partial charge in [-0.25, -0.2) is 0 Å². The zero-order valence-corrected chi connectivity index (χ0v) is 20.5. The number of fused-ring (bicyclic) bond motifs is 1. The standard InChI is InChI=1S/C28H45NO2/c1-19(9-7-15-27(4,5)29-31)24-13-14-25-22(10-8-16-28(24,25)6)11-12-23-18-26(30)21(3)17-20(23)2/h11,19,23-26,30H,2-3,7-10,12-18H2,1,4-6H3/b22-11+/t19-,23?,24?,25?,26-,28-/m1/s1. The highest BCUT2D eigenvalue weighted by atomic mass is 16.3. The van der Waals surface area contributed by atoms with Crippen LogP contribution in [0.3, 0.4) is 0 Å². The fourth-order valence-corrected chi connectivity index (χ4v) is 7.08. The molecule has 3 nitrogen and oxygen atoms in total. The number of allylic oxidation sites excluding steroid dienone is 3. The van der Waals surface area contributed by atoms with Gasteiger partial charge in [-0.15, -0.1) is 0 Å². The first-order chi connectivity index (χ1) is 14.6. The van der Waals surface area contributed by atoms with Gasteiger partial charge in [0.25, 0.3) is 0 Å². The van der Waals surface area contributed by atoms with E-state index in [9.17, 15) is 10.0 Å². The smallest absolute Gasteiger partial charge is 0.0970 e. The second kappa shape index (κ2) is 9.73. The molecule has 3 aliphatic rings. The SMILES string of the molecule is C=C1CC(=C)[C@H](O)CC1C/C=C1\CCC[C@@]2(C)C1CCC2[C@H](C)CCCC(C)(C)N=O.